The molecule has 19 heavy (non-hydrogen) atoms. The van der Waals surface area contributed by atoms with Gasteiger partial charge in [0.05, 0.1) is 0 Å². The summed E-state index contributed by atoms with van der Waals surface area (Å²) >= 11 is 0. The highest BCUT2D eigenvalue weighted by Gasteiger charge is 2.11. The second-order valence-electron chi connectivity index (χ2n) is 5.53. The molecule has 2 aromatic rings. The molecule has 0 unspecified atom stereocenters. The Labute approximate surface area is 115 Å². The Morgan fingerprint density at radius 2 is 1.84 bits per heavy atom. The van der Waals surface area contributed by atoms with Crippen LogP contribution < -0.4 is 5.32 Å². The third kappa shape index (κ3) is 3.67. The van der Waals surface area contributed by atoms with Crippen LogP contribution in [0.4, 0.5) is 0 Å². The summed E-state index contributed by atoms with van der Waals surface area (Å²) in [6.45, 7) is 10.3. The van der Waals surface area contributed by atoms with Crippen molar-refractivity contribution < 1.29 is 4.42 Å². The van der Waals surface area contributed by atoms with Crippen molar-refractivity contribution >= 4 is 0 Å². The number of aryl methyl sites for hydroxylation is 2. The summed E-state index contributed by atoms with van der Waals surface area (Å²) in [5.41, 5.74) is 4.57. The van der Waals surface area contributed by atoms with Crippen LogP contribution in [0.2, 0.25) is 0 Å². The van der Waals surface area contributed by atoms with Crippen LogP contribution in [0.15, 0.2) is 29.0 Å². The summed E-state index contributed by atoms with van der Waals surface area (Å²) in [4.78, 5) is 4.32. The molecule has 102 valence electrons. The van der Waals surface area contributed by atoms with Crippen LogP contribution in [0.3, 0.4) is 0 Å². The highest BCUT2D eigenvalue weighted by molar-refractivity contribution is 5.61. The molecule has 0 fully saturated rings. The zero-order chi connectivity index (χ0) is 13.8. The number of nitrogens with zero attached hydrogens (tertiary/aromatic N) is 1. The fraction of sp³-hybridized carbons (Fsp3) is 0.438. The van der Waals surface area contributed by atoms with Crippen molar-refractivity contribution in [2.45, 2.75) is 34.2 Å². The van der Waals surface area contributed by atoms with Gasteiger partial charge in [0.25, 0.3) is 0 Å². The first-order chi connectivity index (χ1) is 9.06. The maximum atomic E-state index is 5.57. The van der Waals surface area contributed by atoms with Crippen LogP contribution >= 0.6 is 0 Å². The van der Waals surface area contributed by atoms with Gasteiger partial charge in [-0.25, -0.2) is 4.98 Å². The van der Waals surface area contributed by atoms with E-state index >= 15 is 0 Å². The number of aromatic nitrogens is 1. The van der Waals surface area contributed by atoms with Gasteiger partial charge in [0.15, 0.2) is 12.2 Å². The zero-order valence-electron chi connectivity index (χ0n) is 12.2. The van der Waals surface area contributed by atoms with Crippen molar-refractivity contribution in [3.63, 3.8) is 0 Å². The summed E-state index contributed by atoms with van der Waals surface area (Å²) in [7, 11) is 0. The van der Waals surface area contributed by atoms with Gasteiger partial charge in [-0.3, -0.25) is 0 Å². The molecule has 0 radical (unpaired) electrons. The lowest BCUT2D eigenvalue weighted by atomic mass is 10.0. The Balaban J connectivity index is 2.18. The van der Waals surface area contributed by atoms with Crippen LogP contribution in [0.5, 0.6) is 0 Å². The largest absolute Gasteiger partial charge is 0.443 e. The molecule has 0 saturated heterocycles. The molecule has 0 saturated carbocycles. The third-order valence-electron chi connectivity index (χ3n) is 2.97. The predicted molar refractivity (Wildman–Crippen MR) is 78.0 cm³/mol. The minimum atomic E-state index is 0.636. The van der Waals surface area contributed by atoms with Gasteiger partial charge in [0.2, 0.25) is 0 Å². The van der Waals surface area contributed by atoms with E-state index in [0.29, 0.717) is 5.92 Å². The average Bonchev–Trinajstić information content (AvgIpc) is 2.75. The number of hydrogen-bond acceptors (Lipinski definition) is 3. The Morgan fingerprint density at radius 3 is 2.47 bits per heavy atom. The Hall–Kier alpha value is -1.61. The minimum Gasteiger partial charge on any atom is -0.443 e. The van der Waals surface area contributed by atoms with Gasteiger partial charge in [-0.05, 0) is 38.4 Å². The maximum absolute atomic E-state index is 5.57. The van der Waals surface area contributed by atoms with Gasteiger partial charge in [0.1, 0.15) is 5.69 Å². The first kappa shape index (κ1) is 13.8. The molecule has 0 spiro atoms. The summed E-state index contributed by atoms with van der Waals surface area (Å²) in [6, 6.07) is 6.44. The molecule has 0 amide bonds. The number of rotatable bonds is 5. The number of hydrogen-bond donors (Lipinski definition) is 1. The fourth-order valence-electron chi connectivity index (χ4n) is 2.21. The van der Waals surface area contributed by atoms with Crippen molar-refractivity contribution in [1.82, 2.24) is 10.3 Å². The normalized spacial score (nSPS) is 11.2. The molecule has 0 bridgehead atoms. The highest BCUT2D eigenvalue weighted by atomic mass is 16.3. The van der Waals surface area contributed by atoms with E-state index in [1.54, 1.807) is 0 Å². The summed E-state index contributed by atoms with van der Waals surface area (Å²) in [6.07, 6.45) is 1.53. The zero-order valence-corrected chi connectivity index (χ0v) is 12.2. The van der Waals surface area contributed by atoms with Crippen molar-refractivity contribution in [1.29, 1.82) is 0 Å². The third-order valence-corrected chi connectivity index (χ3v) is 2.97. The lowest BCUT2D eigenvalue weighted by Gasteiger charge is -2.07. The molecule has 0 aliphatic carbocycles. The summed E-state index contributed by atoms with van der Waals surface area (Å²) in [5.74, 6) is 1.51. The lowest BCUT2D eigenvalue weighted by molar-refractivity contribution is 0.545. The molecule has 1 aromatic carbocycles. The van der Waals surface area contributed by atoms with Gasteiger partial charge >= 0.3 is 0 Å². The molecule has 1 aromatic heterocycles. The van der Waals surface area contributed by atoms with E-state index in [-0.39, 0.29) is 0 Å². The molecule has 3 nitrogen and oxygen atoms in total. The Kier molecular flexibility index (Phi) is 4.38. The van der Waals surface area contributed by atoms with E-state index in [2.05, 4.69) is 56.2 Å². The topological polar surface area (TPSA) is 38.1 Å². The van der Waals surface area contributed by atoms with Crippen molar-refractivity contribution in [2.75, 3.05) is 6.54 Å². The van der Waals surface area contributed by atoms with E-state index in [0.717, 1.165) is 30.1 Å². The molecule has 1 N–H and O–H groups in total. The van der Waals surface area contributed by atoms with Crippen LogP contribution in [0.25, 0.3) is 11.3 Å². The molecular formula is C16H22N2O. The first-order valence-electron chi connectivity index (χ1n) is 6.78. The van der Waals surface area contributed by atoms with Crippen LogP contribution in [0, 0.1) is 19.8 Å². The second kappa shape index (κ2) is 6.02. The van der Waals surface area contributed by atoms with Crippen molar-refractivity contribution in [3.05, 3.63) is 41.4 Å². The SMILES string of the molecule is Cc1cc(C)cc(-c2ocnc2CNCC(C)C)c1. The number of oxazole rings is 1. The van der Waals surface area contributed by atoms with Gasteiger partial charge in [-0.1, -0.05) is 31.0 Å². The Bertz CT molecular complexity index is 523. The molecule has 2 rings (SSSR count). The van der Waals surface area contributed by atoms with E-state index < -0.39 is 0 Å². The second-order valence-corrected chi connectivity index (χ2v) is 5.53. The van der Waals surface area contributed by atoms with Crippen LogP contribution in [-0.2, 0) is 6.54 Å². The van der Waals surface area contributed by atoms with E-state index in [1.807, 2.05) is 0 Å². The highest BCUT2D eigenvalue weighted by Crippen LogP contribution is 2.25. The van der Waals surface area contributed by atoms with E-state index in [4.69, 9.17) is 4.42 Å². The first-order valence-corrected chi connectivity index (χ1v) is 6.78. The molecular weight excluding hydrogens is 236 g/mol. The van der Waals surface area contributed by atoms with Crippen LogP contribution in [0.1, 0.15) is 30.7 Å². The quantitative estimate of drug-likeness (QED) is 0.888. The van der Waals surface area contributed by atoms with Crippen LogP contribution in [-0.4, -0.2) is 11.5 Å². The number of benzene rings is 1. The smallest absolute Gasteiger partial charge is 0.181 e. The molecule has 0 aliphatic rings. The molecule has 1 heterocycles. The summed E-state index contributed by atoms with van der Waals surface area (Å²) in [5, 5.41) is 3.40. The predicted octanol–water partition coefficient (Wildman–Crippen LogP) is 3.70. The van der Waals surface area contributed by atoms with Gasteiger partial charge in [-0.2, -0.15) is 0 Å². The fourth-order valence-corrected chi connectivity index (χ4v) is 2.21. The lowest BCUT2D eigenvalue weighted by Crippen LogP contribution is -2.19. The van der Waals surface area contributed by atoms with Gasteiger partial charge in [-0.15, -0.1) is 0 Å². The summed E-state index contributed by atoms with van der Waals surface area (Å²) < 4.78 is 5.57. The molecule has 0 atom stereocenters. The van der Waals surface area contributed by atoms with Crippen molar-refractivity contribution in [2.24, 2.45) is 5.92 Å². The van der Waals surface area contributed by atoms with Gasteiger partial charge in [0, 0.05) is 12.1 Å². The number of nitrogens with one attached hydrogen (secondary N) is 1. The van der Waals surface area contributed by atoms with E-state index in [9.17, 15) is 0 Å². The molecule has 0 aliphatic heterocycles. The average molecular weight is 258 g/mol. The van der Waals surface area contributed by atoms with E-state index in [1.165, 1.54) is 17.5 Å². The van der Waals surface area contributed by atoms with Gasteiger partial charge < -0.3 is 9.73 Å². The Morgan fingerprint density at radius 1 is 1.16 bits per heavy atom. The standard InChI is InChI=1S/C16H22N2O/c1-11(2)8-17-9-15-16(19-10-18-15)14-6-12(3)5-13(4)7-14/h5-7,10-11,17H,8-9H2,1-4H3. The maximum Gasteiger partial charge on any atom is 0.181 e. The van der Waals surface area contributed by atoms with Crippen molar-refractivity contribution in [3.8, 4) is 11.3 Å². The monoisotopic (exact) mass is 258 g/mol. The minimum absolute atomic E-state index is 0.636. The molecule has 3 heteroatoms.